The second-order valence-electron chi connectivity index (χ2n) is 7.92. The van der Waals surface area contributed by atoms with Crippen LogP contribution in [-0.2, 0) is 11.3 Å². The maximum absolute atomic E-state index is 12.2. The number of ether oxygens (including phenoxy) is 2. The lowest BCUT2D eigenvalue weighted by Gasteiger charge is -2.33. The number of aromatic nitrogens is 1. The van der Waals surface area contributed by atoms with E-state index in [2.05, 4.69) is 11.1 Å². The lowest BCUT2D eigenvalue weighted by molar-refractivity contribution is 0.0204. The first-order valence-electron chi connectivity index (χ1n) is 9.51. The van der Waals surface area contributed by atoms with E-state index in [1.165, 1.54) is 11.3 Å². The first-order chi connectivity index (χ1) is 13.7. The van der Waals surface area contributed by atoms with Gasteiger partial charge in [-0.15, -0.1) is 11.3 Å². The molecule has 0 bridgehead atoms. The summed E-state index contributed by atoms with van der Waals surface area (Å²) in [5, 5.41) is 9.50. The summed E-state index contributed by atoms with van der Waals surface area (Å²) < 4.78 is 11.2. The quantitative estimate of drug-likeness (QED) is 0.648. The minimum Gasteiger partial charge on any atom is -0.472 e. The smallest absolute Gasteiger partial charge is 0.410 e. The lowest BCUT2D eigenvalue weighted by Crippen LogP contribution is -2.41. The Morgan fingerprint density at radius 3 is 2.72 bits per heavy atom. The van der Waals surface area contributed by atoms with Crippen molar-refractivity contribution in [3.8, 4) is 11.9 Å². The van der Waals surface area contributed by atoms with Crippen LogP contribution in [0.3, 0.4) is 0 Å². The number of thiophene rings is 1. The normalized spacial score (nSPS) is 15.1. The third-order valence-corrected chi connectivity index (χ3v) is 5.99. The van der Waals surface area contributed by atoms with Crippen molar-refractivity contribution in [2.24, 2.45) is 0 Å². The van der Waals surface area contributed by atoms with E-state index in [0.717, 1.165) is 23.4 Å². The van der Waals surface area contributed by atoms with Crippen LogP contribution in [0.1, 0.15) is 55.0 Å². The molecular weight excluding hydrogens is 410 g/mol. The second kappa shape index (κ2) is 9.02. The Hall–Kier alpha value is -2.30. The molecule has 0 aromatic carbocycles. The van der Waals surface area contributed by atoms with Crippen LogP contribution >= 0.6 is 22.9 Å². The number of pyridine rings is 1. The van der Waals surface area contributed by atoms with E-state index < -0.39 is 5.60 Å². The van der Waals surface area contributed by atoms with Gasteiger partial charge in [-0.05, 0) is 45.7 Å². The molecule has 1 amide bonds. The summed E-state index contributed by atoms with van der Waals surface area (Å²) in [6.07, 6.45) is 1.40. The van der Waals surface area contributed by atoms with Crippen LogP contribution in [0.15, 0.2) is 24.3 Å². The molecule has 0 spiro atoms. The van der Waals surface area contributed by atoms with Crippen LogP contribution in [0.4, 0.5) is 4.79 Å². The highest BCUT2D eigenvalue weighted by Crippen LogP contribution is 2.30. The van der Waals surface area contributed by atoms with Gasteiger partial charge in [0, 0.05) is 30.8 Å². The Kier molecular flexibility index (Phi) is 6.66. The summed E-state index contributed by atoms with van der Waals surface area (Å²) in [6.45, 7) is 7.19. The third kappa shape index (κ3) is 5.84. The largest absolute Gasteiger partial charge is 0.472 e. The Bertz CT molecular complexity index is 909. The zero-order valence-corrected chi connectivity index (χ0v) is 18.3. The average Bonchev–Trinajstić information content (AvgIpc) is 3.05. The Morgan fingerprint density at radius 1 is 1.38 bits per heavy atom. The maximum Gasteiger partial charge on any atom is 0.410 e. The zero-order valence-electron chi connectivity index (χ0n) is 16.8. The molecular formula is C21H24ClN3O3S. The number of amides is 1. The fourth-order valence-corrected chi connectivity index (χ4v) is 4.23. The van der Waals surface area contributed by atoms with Crippen molar-refractivity contribution in [3.63, 3.8) is 0 Å². The Labute approximate surface area is 180 Å². The molecule has 0 N–H and O–H groups in total. The number of rotatable bonds is 4. The van der Waals surface area contributed by atoms with Gasteiger partial charge in [0.2, 0.25) is 5.88 Å². The summed E-state index contributed by atoms with van der Waals surface area (Å²) in [4.78, 5) is 20.0. The first kappa shape index (κ1) is 21.4. The van der Waals surface area contributed by atoms with Crippen LogP contribution in [0, 0.1) is 11.3 Å². The van der Waals surface area contributed by atoms with E-state index >= 15 is 0 Å². The molecule has 2 aromatic heterocycles. The number of likely N-dealkylation sites (tertiary alicyclic amines) is 1. The van der Waals surface area contributed by atoms with Gasteiger partial charge in [-0.1, -0.05) is 17.7 Å². The van der Waals surface area contributed by atoms with Gasteiger partial charge in [0.1, 0.15) is 23.2 Å². The number of piperidine rings is 1. The van der Waals surface area contributed by atoms with Crippen LogP contribution in [0.5, 0.6) is 5.88 Å². The van der Waals surface area contributed by atoms with Crippen molar-refractivity contribution >= 4 is 29.0 Å². The lowest BCUT2D eigenvalue weighted by atomic mass is 9.93. The Morgan fingerprint density at radius 2 is 2.10 bits per heavy atom. The molecule has 29 heavy (non-hydrogen) atoms. The summed E-state index contributed by atoms with van der Waals surface area (Å²) in [5.41, 5.74) is 0.474. The van der Waals surface area contributed by atoms with Gasteiger partial charge in [0.25, 0.3) is 0 Å². The molecule has 1 fully saturated rings. The van der Waals surface area contributed by atoms with Crippen molar-refractivity contribution in [1.29, 1.82) is 5.26 Å². The Balaban J connectivity index is 1.57. The molecule has 2 aromatic rings. The number of carbonyl (C=O) groups excluding carboxylic acids is 1. The molecule has 0 radical (unpaired) electrons. The molecule has 0 atom stereocenters. The third-order valence-electron chi connectivity index (χ3n) is 4.53. The van der Waals surface area contributed by atoms with Crippen LogP contribution < -0.4 is 4.74 Å². The summed E-state index contributed by atoms with van der Waals surface area (Å²) in [7, 11) is 0. The number of hydrogen-bond donors (Lipinski definition) is 0. The molecule has 1 aliphatic rings. The van der Waals surface area contributed by atoms with E-state index in [1.807, 2.05) is 39.0 Å². The molecule has 0 saturated carbocycles. The number of hydrogen-bond acceptors (Lipinski definition) is 6. The molecule has 3 rings (SSSR count). The second-order valence-corrected chi connectivity index (χ2v) is 9.47. The predicted octanol–water partition coefficient (Wildman–Crippen LogP) is 5.36. The van der Waals surface area contributed by atoms with Gasteiger partial charge in [-0.2, -0.15) is 5.26 Å². The van der Waals surface area contributed by atoms with Gasteiger partial charge >= 0.3 is 6.09 Å². The summed E-state index contributed by atoms with van der Waals surface area (Å²) in [5.74, 6) is 0.799. The highest BCUT2D eigenvalue weighted by molar-refractivity contribution is 7.13. The van der Waals surface area contributed by atoms with Gasteiger partial charge in [-0.3, -0.25) is 0 Å². The standard InChI is InChI=1S/C21H24ClN3O3S/c1-21(2,3)28-20(26)25-9-7-14(8-10-25)17-5-4-6-19(24-17)27-13-18-16(22)11-15(12-23)29-18/h4-6,11,14H,7-10,13H2,1-3H3. The highest BCUT2D eigenvalue weighted by atomic mass is 35.5. The van der Waals surface area contributed by atoms with Crippen molar-refractivity contribution < 1.29 is 14.3 Å². The summed E-state index contributed by atoms with van der Waals surface area (Å²) >= 11 is 7.46. The number of nitriles is 1. The van der Waals surface area contributed by atoms with Crippen molar-refractivity contribution in [2.75, 3.05) is 13.1 Å². The fourth-order valence-electron chi connectivity index (χ4n) is 3.12. The van der Waals surface area contributed by atoms with Crippen molar-refractivity contribution in [3.05, 3.63) is 44.7 Å². The van der Waals surface area contributed by atoms with E-state index in [9.17, 15) is 4.79 Å². The minimum atomic E-state index is -0.485. The molecule has 0 unspecified atom stereocenters. The summed E-state index contributed by atoms with van der Waals surface area (Å²) in [6, 6.07) is 9.46. The topological polar surface area (TPSA) is 75.4 Å². The van der Waals surface area contributed by atoms with Gasteiger partial charge in [0.05, 0.1) is 9.90 Å². The van der Waals surface area contributed by atoms with Gasteiger partial charge in [-0.25, -0.2) is 9.78 Å². The highest BCUT2D eigenvalue weighted by Gasteiger charge is 2.28. The molecule has 1 aliphatic heterocycles. The number of nitrogens with zero attached hydrogens (tertiary/aromatic N) is 3. The minimum absolute atomic E-state index is 0.259. The van der Waals surface area contributed by atoms with Gasteiger partial charge < -0.3 is 14.4 Å². The van der Waals surface area contributed by atoms with Gasteiger partial charge in [0.15, 0.2) is 0 Å². The van der Waals surface area contributed by atoms with Crippen LogP contribution in [0.2, 0.25) is 5.02 Å². The van der Waals surface area contributed by atoms with E-state index in [1.54, 1.807) is 11.0 Å². The van der Waals surface area contributed by atoms with Crippen molar-refractivity contribution in [1.82, 2.24) is 9.88 Å². The number of carbonyl (C=O) groups is 1. The molecule has 154 valence electrons. The van der Waals surface area contributed by atoms with E-state index in [-0.39, 0.29) is 18.6 Å². The molecule has 8 heteroatoms. The zero-order chi connectivity index (χ0) is 21.0. The average molecular weight is 434 g/mol. The van der Waals surface area contributed by atoms with E-state index in [0.29, 0.717) is 28.9 Å². The van der Waals surface area contributed by atoms with Crippen LogP contribution in [-0.4, -0.2) is 34.7 Å². The monoisotopic (exact) mass is 433 g/mol. The maximum atomic E-state index is 12.2. The number of halogens is 1. The molecule has 1 saturated heterocycles. The fraction of sp³-hybridized carbons (Fsp3) is 0.476. The predicted molar refractivity (Wildman–Crippen MR) is 112 cm³/mol. The molecule has 6 nitrogen and oxygen atoms in total. The SMILES string of the molecule is CC(C)(C)OC(=O)N1CCC(c2cccc(OCc3sc(C#N)cc3Cl)n2)CC1. The van der Waals surface area contributed by atoms with Crippen LogP contribution in [0.25, 0.3) is 0 Å². The molecule has 0 aliphatic carbocycles. The first-order valence-corrected chi connectivity index (χ1v) is 10.7. The molecule has 3 heterocycles. The van der Waals surface area contributed by atoms with E-state index in [4.69, 9.17) is 26.3 Å². The van der Waals surface area contributed by atoms with Crippen molar-refractivity contribution in [2.45, 2.75) is 51.7 Å².